The largest absolute Gasteiger partial charge is 0.508 e. The van der Waals surface area contributed by atoms with Crippen LogP contribution in [0.1, 0.15) is 17.0 Å². The van der Waals surface area contributed by atoms with Gasteiger partial charge in [-0.05, 0) is 23.8 Å². The number of aromatic hydroxyl groups is 1. The van der Waals surface area contributed by atoms with Gasteiger partial charge in [-0.3, -0.25) is 0 Å². The van der Waals surface area contributed by atoms with Gasteiger partial charge in [-0.2, -0.15) is 0 Å². The summed E-state index contributed by atoms with van der Waals surface area (Å²) in [4.78, 5) is 4.43. The van der Waals surface area contributed by atoms with Crippen molar-refractivity contribution in [3.8, 4) is 5.75 Å². The van der Waals surface area contributed by atoms with Crippen LogP contribution in [0, 0.1) is 0 Å². The molecule has 106 valence electrons. The van der Waals surface area contributed by atoms with E-state index in [1.54, 1.807) is 12.3 Å². The molecule has 4 heteroatoms. The minimum absolute atomic E-state index is 0.319. The lowest BCUT2D eigenvalue weighted by molar-refractivity contribution is 0.465. The molecule has 3 aromatic rings. The molecule has 2 aromatic carbocycles. The molecule has 0 amide bonds. The molecule has 0 aliphatic carbocycles. The molecule has 0 spiro atoms. The second-order valence-electron chi connectivity index (χ2n) is 4.91. The van der Waals surface area contributed by atoms with Gasteiger partial charge in [0.2, 0.25) is 0 Å². The Balaban J connectivity index is 1.83. The SMILES string of the molecule is Oc1ccccc1Cn1ccnc1Cc1cccc(Br)c1. The van der Waals surface area contributed by atoms with Crippen LogP contribution in [-0.4, -0.2) is 14.7 Å². The topological polar surface area (TPSA) is 38.0 Å². The Hall–Kier alpha value is -2.07. The lowest BCUT2D eigenvalue weighted by Crippen LogP contribution is -2.05. The highest BCUT2D eigenvalue weighted by Gasteiger charge is 2.07. The highest BCUT2D eigenvalue weighted by molar-refractivity contribution is 9.10. The van der Waals surface area contributed by atoms with Gasteiger partial charge in [0.1, 0.15) is 11.6 Å². The molecule has 1 N–H and O–H groups in total. The number of benzene rings is 2. The fourth-order valence-corrected chi connectivity index (χ4v) is 2.76. The molecule has 0 fully saturated rings. The Morgan fingerprint density at radius 3 is 2.76 bits per heavy atom. The van der Waals surface area contributed by atoms with Crippen LogP contribution in [-0.2, 0) is 13.0 Å². The normalized spacial score (nSPS) is 10.7. The van der Waals surface area contributed by atoms with Crippen LogP contribution in [0.25, 0.3) is 0 Å². The molecule has 0 radical (unpaired) electrons. The highest BCUT2D eigenvalue weighted by Crippen LogP contribution is 2.19. The van der Waals surface area contributed by atoms with E-state index in [4.69, 9.17) is 0 Å². The van der Waals surface area contributed by atoms with E-state index in [1.807, 2.05) is 36.5 Å². The summed E-state index contributed by atoms with van der Waals surface area (Å²) in [6.45, 7) is 0.621. The monoisotopic (exact) mass is 342 g/mol. The fraction of sp³-hybridized carbons (Fsp3) is 0.118. The number of phenolic OH excluding ortho intramolecular Hbond substituents is 1. The first-order valence-electron chi connectivity index (χ1n) is 6.74. The second-order valence-corrected chi connectivity index (χ2v) is 5.82. The van der Waals surface area contributed by atoms with E-state index in [9.17, 15) is 5.11 Å². The van der Waals surface area contributed by atoms with Crippen LogP contribution in [0.5, 0.6) is 5.75 Å². The van der Waals surface area contributed by atoms with Gasteiger partial charge in [-0.1, -0.05) is 46.3 Å². The van der Waals surface area contributed by atoms with Gasteiger partial charge in [-0.15, -0.1) is 0 Å². The lowest BCUT2D eigenvalue weighted by atomic mass is 10.1. The number of para-hydroxylation sites is 1. The highest BCUT2D eigenvalue weighted by atomic mass is 79.9. The molecule has 0 bridgehead atoms. The summed E-state index contributed by atoms with van der Waals surface area (Å²) in [6.07, 6.45) is 4.51. The molecular weight excluding hydrogens is 328 g/mol. The molecular formula is C17H15BrN2O. The molecule has 3 rings (SSSR count). The van der Waals surface area contributed by atoms with Gasteiger partial charge < -0.3 is 9.67 Å². The molecule has 0 atom stereocenters. The summed E-state index contributed by atoms with van der Waals surface area (Å²) >= 11 is 3.49. The number of hydrogen-bond acceptors (Lipinski definition) is 2. The van der Waals surface area contributed by atoms with Crippen molar-refractivity contribution in [2.75, 3.05) is 0 Å². The Morgan fingerprint density at radius 1 is 1.10 bits per heavy atom. The zero-order valence-electron chi connectivity index (χ0n) is 11.4. The van der Waals surface area contributed by atoms with Crippen molar-refractivity contribution in [3.63, 3.8) is 0 Å². The van der Waals surface area contributed by atoms with Crippen LogP contribution < -0.4 is 0 Å². The molecule has 3 nitrogen and oxygen atoms in total. The molecule has 0 aliphatic heterocycles. The van der Waals surface area contributed by atoms with E-state index in [2.05, 4.69) is 37.6 Å². The first kappa shape index (κ1) is 13.9. The number of rotatable bonds is 4. The van der Waals surface area contributed by atoms with Crippen molar-refractivity contribution in [2.45, 2.75) is 13.0 Å². The summed E-state index contributed by atoms with van der Waals surface area (Å²) in [7, 11) is 0. The predicted molar refractivity (Wildman–Crippen MR) is 86.4 cm³/mol. The number of hydrogen-bond donors (Lipinski definition) is 1. The zero-order valence-corrected chi connectivity index (χ0v) is 13.0. The van der Waals surface area contributed by atoms with E-state index in [0.29, 0.717) is 12.3 Å². The second kappa shape index (κ2) is 6.14. The minimum atomic E-state index is 0.319. The standard InChI is InChI=1S/C17H15BrN2O/c18-15-6-3-4-13(10-15)11-17-19-8-9-20(17)12-14-5-1-2-7-16(14)21/h1-10,21H,11-12H2. The molecule has 1 heterocycles. The summed E-state index contributed by atoms with van der Waals surface area (Å²) in [5.74, 6) is 1.30. The smallest absolute Gasteiger partial charge is 0.120 e. The number of aromatic nitrogens is 2. The Bertz CT molecular complexity index is 752. The van der Waals surface area contributed by atoms with Crippen LogP contribution >= 0.6 is 15.9 Å². The van der Waals surface area contributed by atoms with Gasteiger partial charge in [0, 0.05) is 28.9 Å². The van der Waals surface area contributed by atoms with Crippen LogP contribution in [0.15, 0.2) is 65.4 Å². The van der Waals surface area contributed by atoms with Gasteiger partial charge in [0.05, 0.1) is 6.54 Å². The average Bonchev–Trinajstić information content (AvgIpc) is 2.89. The quantitative estimate of drug-likeness (QED) is 0.778. The van der Waals surface area contributed by atoms with Crippen molar-refractivity contribution in [3.05, 3.63) is 82.3 Å². The van der Waals surface area contributed by atoms with Crippen molar-refractivity contribution < 1.29 is 5.11 Å². The summed E-state index contributed by atoms with van der Waals surface area (Å²) in [5, 5.41) is 9.89. The van der Waals surface area contributed by atoms with Crippen molar-refractivity contribution in [2.24, 2.45) is 0 Å². The third kappa shape index (κ3) is 3.34. The number of imidazole rings is 1. The summed E-state index contributed by atoms with van der Waals surface area (Å²) < 4.78 is 3.13. The molecule has 0 saturated heterocycles. The molecule has 0 aliphatic rings. The molecule has 0 unspecified atom stereocenters. The minimum Gasteiger partial charge on any atom is -0.508 e. The summed E-state index contributed by atoms with van der Waals surface area (Å²) in [5.41, 5.74) is 2.10. The Morgan fingerprint density at radius 2 is 1.95 bits per heavy atom. The van der Waals surface area contributed by atoms with E-state index >= 15 is 0 Å². The molecule has 0 saturated carbocycles. The van der Waals surface area contributed by atoms with Gasteiger partial charge in [0.15, 0.2) is 0 Å². The van der Waals surface area contributed by atoms with E-state index in [-0.39, 0.29) is 0 Å². The predicted octanol–water partition coefficient (Wildman–Crippen LogP) is 3.99. The maximum Gasteiger partial charge on any atom is 0.120 e. The lowest BCUT2D eigenvalue weighted by Gasteiger charge is -2.09. The zero-order chi connectivity index (χ0) is 14.7. The first-order chi connectivity index (χ1) is 10.2. The third-order valence-electron chi connectivity index (χ3n) is 3.39. The van der Waals surface area contributed by atoms with Crippen LogP contribution in [0.3, 0.4) is 0 Å². The average molecular weight is 343 g/mol. The van der Waals surface area contributed by atoms with Crippen molar-refractivity contribution in [1.29, 1.82) is 0 Å². The molecule has 21 heavy (non-hydrogen) atoms. The van der Waals surface area contributed by atoms with Gasteiger partial charge in [-0.25, -0.2) is 4.98 Å². The van der Waals surface area contributed by atoms with E-state index in [0.717, 1.165) is 22.3 Å². The number of phenols is 1. The number of nitrogens with zero attached hydrogens (tertiary/aromatic N) is 2. The maximum absolute atomic E-state index is 9.89. The van der Waals surface area contributed by atoms with Crippen LogP contribution in [0.4, 0.5) is 0 Å². The molecule has 1 aromatic heterocycles. The van der Waals surface area contributed by atoms with Gasteiger partial charge in [0.25, 0.3) is 0 Å². The third-order valence-corrected chi connectivity index (χ3v) is 3.88. The maximum atomic E-state index is 9.89. The Labute approximate surface area is 132 Å². The van der Waals surface area contributed by atoms with Crippen molar-refractivity contribution in [1.82, 2.24) is 9.55 Å². The van der Waals surface area contributed by atoms with Crippen LogP contribution in [0.2, 0.25) is 0 Å². The van der Waals surface area contributed by atoms with Crippen molar-refractivity contribution >= 4 is 15.9 Å². The fourth-order valence-electron chi connectivity index (χ4n) is 2.31. The van der Waals surface area contributed by atoms with Gasteiger partial charge >= 0.3 is 0 Å². The van der Waals surface area contributed by atoms with E-state index < -0.39 is 0 Å². The summed E-state index contributed by atoms with van der Waals surface area (Å²) in [6, 6.07) is 15.6. The number of halogens is 1. The van der Waals surface area contributed by atoms with E-state index in [1.165, 1.54) is 5.56 Å². The Kier molecular flexibility index (Phi) is 4.06. The first-order valence-corrected chi connectivity index (χ1v) is 7.53.